The molecule has 1 aromatic carbocycles. The first-order chi connectivity index (χ1) is 9.72. The summed E-state index contributed by atoms with van der Waals surface area (Å²) in [6, 6.07) is 10.8. The fourth-order valence-electron chi connectivity index (χ4n) is 1.64. The minimum Gasteiger partial charge on any atom is -0.497 e. The number of furan rings is 1. The van der Waals surface area contributed by atoms with E-state index in [9.17, 15) is 4.79 Å². The van der Waals surface area contributed by atoms with E-state index < -0.39 is 5.91 Å². The van der Waals surface area contributed by atoms with Crippen molar-refractivity contribution in [1.29, 1.82) is 0 Å². The SMILES string of the molecule is COc1ccc(COCc2ccc(C(=O)NN)o2)cc1. The van der Waals surface area contributed by atoms with Crippen LogP contribution in [0.4, 0.5) is 0 Å². The summed E-state index contributed by atoms with van der Waals surface area (Å²) < 4.78 is 15.9. The van der Waals surface area contributed by atoms with E-state index in [-0.39, 0.29) is 12.4 Å². The standard InChI is InChI=1S/C14H16N2O4/c1-18-11-4-2-10(3-5-11)8-19-9-12-6-7-13(20-12)14(17)16-15/h2-7H,8-9,15H2,1H3,(H,16,17). The lowest BCUT2D eigenvalue weighted by molar-refractivity contribution is 0.0856. The fraction of sp³-hybridized carbons (Fsp3) is 0.214. The molecule has 0 radical (unpaired) electrons. The Hall–Kier alpha value is -2.31. The molecule has 6 heteroatoms. The number of carbonyl (C=O) groups excluding carboxylic acids is 1. The van der Waals surface area contributed by atoms with Crippen molar-refractivity contribution in [3.63, 3.8) is 0 Å². The summed E-state index contributed by atoms with van der Waals surface area (Å²) in [5.41, 5.74) is 3.03. The van der Waals surface area contributed by atoms with E-state index in [0.29, 0.717) is 12.4 Å². The van der Waals surface area contributed by atoms with Crippen molar-refractivity contribution in [3.8, 4) is 5.75 Å². The van der Waals surface area contributed by atoms with E-state index >= 15 is 0 Å². The predicted octanol–water partition coefficient (Wildman–Crippen LogP) is 1.61. The van der Waals surface area contributed by atoms with Crippen molar-refractivity contribution in [2.24, 2.45) is 5.84 Å². The van der Waals surface area contributed by atoms with E-state index in [1.54, 1.807) is 19.2 Å². The van der Waals surface area contributed by atoms with Crippen LogP contribution in [0.15, 0.2) is 40.8 Å². The van der Waals surface area contributed by atoms with Gasteiger partial charge < -0.3 is 13.9 Å². The number of rotatable bonds is 6. The van der Waals surface area contributed by atoms with E-state index in [4.69, 9.17) is 19.7 Å². The zero-order valence-electron chi connectivity index (χ0n) is 11.1. The van der Waals surface area contributed by atoms with Crippen molar-refractivity contribution in [2.45, 2.75) is 13.2 Å². The third-order valence-corrected chi connectivity index (χ3v) is 2.69. The number of nitrogens with one attached hydrogen (secondary N) is 1. The minimum atomic E-state index is -0.466. The topological polar surface area (TPSA) is 86.7 Å². The van der Waals surface area contributed by atoms with Crippen molar-refractivity contribution in [2.75, 3.05) is 7.11 Å². The maximum absolute atomic E-state index is 11.2. The molecule has 106 valence electrons. The van der Waals surface area contributed by atoms with Gasteiger partial charge in [0.1, 0.15) is 18.1 Å². The summed E-state index contributed by atoms with van der Waals surface area (Å²) in [7, 11) is 1.62. The number of nitrogens with two attached hydrogens (primary N) is 1. The van der Waals surface area contributed by atoms with E-state index in [1.165, 1.54) is 0 Å². The summed E-state index contributed by atoms with van der Waals surface area (Å²) in [6.07, 6.45) is 0. The van der Waals surface area contributed by atoms with Gasteiger partial charge in [0.25, 0.3) is 0 Å². The van der Waals surface area contributed by atoms with Crippen LogP contribution in [-0.4, -0.2) is 13.0 Å². The smallest absolute Gasteiger partial charge is 0.300 e. The Kier molecular flexibility index (Phi) is 4.75. The molecule has 2 rings (SSSR count). The maximum atomic E-state index is 11.2. The molecule has 1 aromatic heterocycles. The third kappa shape index (κ3) is 3.59. The van der Waals surface area contributed by atoms with Crippen LogP contribution in [0.5, 0.6) is 5.75 Å². The largest absolute Gasteiger partial charge is 0.497 e. The van der Waals surface area contributed by atoms with Gasteiger partial charge in [-0.3, -0.25) is 10.2 Å². The monoisotopic (exact) mass is 276 g/mol. The predicted molar refractivity (Wildman–Crippen MR) is 71.8 cm³/mol. The molecular formula is C14H16N2O4. The molecule has 0 saturated heterocycles. The zero-order valence-corrected chi connectivity index (χ0v) is 11.1. The molecule has 0 aliphatic rings. The van der Waals surface area contributed by atoms with Gasteiger partial charge in [-0.15, -0.1) is 0 Å². The van der Waals surface area contributed by atoms with Crippen LogP contribution in [0.2, 0.25) is 0 Å². The molecule has 0 aliphatic carbocycles. The van der Waals surface area contributed by atoms with E-state index in [2.05, 4.69) is 0 Å². The number of methoxy groups -OCH3 is 1. The third-order valence-electron chi connectivity index (χ3n) is 2.69. The number of ether oxygens (including phenoxy) is 2. The van der Waals surface area contributed by atoms with Crippen LogP contribution >= 0.6 is 0 Å². The van der Waals surface area contributed by atoms with Gasteiger partial charge in [-0.05, 0) is 29.8 Å². The first kappa shape index (κ1) is 14.1. The lowest BCUT2D eigenvalue weighted by atomic mass is 10.2. The Morgan fingerprint density at radius 1 is 1.20 bits per heavy atom. The fourth-order valence-corrected chi connectivity index (χ4v) is 1.64. The highest BCUT2D eigenvalue weighted by atomic mass is 16.5. The van der Waals surface area contributed by atoms with Gasteiger partial charge >= 0.3 is 5.91 Å². The molecule has 3 N–H and O–H groups in total. The second-order valence-corrected chi connectivity index (χ2v) is 4.08. The Morgan fingerprint density at radius 2 is 1.95 bits per heavy atom. The Balaban J connectivity index is 1.83. The Morgan fingerprint density at radius 3 is 2.60 bits per heavy atom. The summed E-state index contributed by atoms with van der Waals surface area (Å²) in [6.45, 7) is 0.729. The van der Waals surface area contributed by atoms with Crippen molar-refractivity contribution in [1.82, 2.24) is 5.43 Å². The summed E-state index contributed by atoms with van der Waals surface area (Å²) >= 11 is 0. The van der Waals surface area contributed by atoms with E-state index in [0.717, 1.165) is 11.3 Å². The number of hydrogen-bond donors (Lipinski definition) is 2. The molecular weight excluding hydrogens is 260 g/mol. The van der Waals surface area contributed by atoms with Gasteiger partial charge in [-0.2, -0.15) is 0 Å². The van der Waals surface area contributed by atoms with Gasteiger partial charge in [-0.25, -0.2) is 5.84 Å². The lowest BCUT2D eigenvalue weighted by Crippen LogP contribution is -2.29. The van der Waals surface area contributed by atoms with Crippen LogP contribution < -0.4 is 16.0 Å². The number of carbonyl (C=O) groups is 1. The van der Waals surface area contributed by atoms with Crippen LogP contribution in [0.1, 0.15) is 21.9 Å². The highest BCUT2D eigenvalue weighted by molar-refractivity contribution is 5.90. The van der Waals surface area contributed by atoms with Crippen LogP contribution in [0.3, 0.4) is 0 Å². The summed E-state index contributed by atoms with van der Waals surface area (Å²) in [5, 5.41) is 0. The number of amides is 1. The van der Waals surface area contributed by atoms with Crippen LogP contribution in [0.25, 0.3) is 0 Å². The number of hydrazine groups is 1. The van der Waals surface area contributed by atoms with Gasteiger partial charge in [0.05, 0.1) is 13.7 Å². The molecule has 0 bridgehead atoms. The number of hydrogen-bond acceptors (Lipinski definition) is 5. The molecule has 0 fully saturated rings. The van der Waals surface area contributed by atoms with Gasteiger partial charge in [0.2, 0.25) is 0 Å². The second-order valence-electron chi connectivity index (χ2n) is 4.08. The average Bonchev–Trinajstić information content (AvgIpc) is 2.96. The molecule has 20 heavy (non-hydrogen) atoms. The molecule has 0 saturated carbocycles. The van der Waals surface area contributed by atoms with Crippen molar-refractivity contribution >= 4 is 5.91 Å². The molecule has 0 aliphatic heterocycles. The molecule has 0 spiro atoms. The Labute approximate surface area is 116 Å². The summed E-state index contributed by atoms with van der Waals surface area (Å²) in [5.74, 6) is 6.08. The molecule has 1 heterocycles. The second kappa shape index (κ2) is 6.74. The first-order valence-electron chi connectivity index (χ1n) is 6.03. The highest BCUT2D eigenvalue weighted by Crippen LogP contribution is 2.13. The maximum Gasteiger partial charge on any atom is 0.300 e. The summed E-state index contributed by atoms with van der Waals surface area (Å²) in [4.78, 5) is 11.2. The molecule has 0 atom stereocenters. The van der Waals surface area contributed by atoms with Crippen LogP contribution in [0, 0.1) is 0 Å². The normalized spacial score (nSPS) is 10.3. The molecule has 6 nitrogen and oxygen atoms in total. The molecule has 1 amide bonds. The van der Waals surface area contributed by atoms with Gasteiger partial charge in [-0.1, -0.05) is 12.1 Å². The van der Waals surface area contributed by atoms with E-state index in [1.807, 2.05) is 29.7 Å². The van der Waals surface area contributed by atoms with Crippen molar-refractivity contribution < 1.29 is 18.7 Å². The number of nitrogen functional groups attached to an aromatic ring is 1. The van der Waals surface area contributed by atoms with Crippen molar-refractivity contribution in [3.05, 3.63) is 53.5 Å². The molecule has 2 aromatic rings. The minimum absolute atomic E-state index is 0.163. The first-order valence-corrected chi connectivity index (χ1v) is 6.03. The lowest BCUT2D eigenvalue weighted by Gasteiger charge is -2.04. The van der Waals surface area contributed by atoms with Gasteiger partial charge in [0.15, 0.2) is 5.76 Å². The van der Waals surface area contributed by atoms with Gasteiger partial charge in [0, 0.05) is 0 Å². The molecule has 0 unspecified atom stereocenters. The highest BCUT2D eigenvalue weighted by Gasteiger charge is 2.09. The quantitative estimate of drug-likeness (QED) is 0.475. The average molecular weight is 276 g/mol. The Bertz CT molecular complexity index is 563. The van der Waals surface area contributed by atoms with Crippen LogP contribution in [-0.2, 0) is 18.0 Å². The zero-order chi connectivity index (χ0) is 14.4. The number of benzene rings is 1.